The molecule has 1 atom stereocenters. The third-order valence-corrected chi connectivity index (χ3v) is 5.80. The molecule has 4 nitrogen and oxygen atoms in total. The smallest absolute Gasteiger partial charge is 0.257 e. The molecule has 0 bridgehead atoms. The molecule has 0 fully saturated rings. The molecular formula is C15H15N3OS2. The molecule has 6 heteroatoms. The van der Waals surface area contributed by atoms with Gasteiger partial charge in [-0.05, 0) is 41.8 Å². The second kappa shape index (κ2) is 5.36. The number of nitrogens with zero attached hydrogens (tertiary/aromatic N) is 3. The van der Waals surface area contributed by atoms with Crippen molar-refractivity contribution in [3.05, 3.63) is 45.3 Å². The van der Waals surface area contributed by atoms with E-state index < -0.39 is 0 Å². The summed E-state index contributed by atoms with van der Waals surface area (Å²) in [5, 5.41) is 12.6. The molecule has 0 aliphatic carbocycles. The molecule has 0 saturated heterocycles. The first-order chi connectivity index (χ1) is 10.3. The van der Waals surface area contributed by atoms with Gasteiger partial charge in [-0.3, -0.25) is 4.90 Å². The second-order valence-electron chi connectivity index (χ2n) is 5.19. The number of hydrogen-bond donors (Lipinski definition) is 0. The zero-order chi connectivity index (χ0) is 14.2. The van der Waals surface area contributed by atoms with Crippen molar-refractivity contribution in [1.29, 1.82) is 0 Å². The highest BCUT2D eigenvalue weighted by atomic mass is 32.1. The lowest BCUT2D eigenvalue weighted by Gasteiger charge is -2.30. The zero-order valence-electron chi connectivity index (χ0n) is 11.7. The Morgan fingerprint density at radius 2 is 2.19 bits per heavy atom. The van der Waals surface area contributed by atoms with E-state index in [1.807, 2.05) is 28.8 Å². The summed E-state index contributed by atoms with van der Waals surface area (Å²) in [7, 11) is 0. The molecule has 0 aromatic carbocycles. The summed E-state index contributed by atoms with van der Waals surface area (Å²) in [5.74, 6) is 1.33. The molecule has 0 N–H and O–H groups in total. The Kier molecular flexibility index (Phi) is 3.37. The minimum atomic E-state index is 0.152. The average Bonchev–Trinajstić information content (AvgIpc) is 3.24. The van der Waals surface area contributed by atoms with Crippen molar-refractivity contribution in [2.75, 3.05) is 6.54 Å². The average molecular weight is 317 g/mol. The Hall–Kier alpha value is -1.50. The van der Waals surface area contributed by atoms with Gasteiger partial charge in [-0.25, -0.2) is 0 Å². The van der Waals surface area contributed by atoms with Crippen LogP contribution in [0.25, 0.3) is 10.8 Å². The summed E-state index contributed by atoms with van der Waals surface area (Å²) in [4.78, 5) is 4.95. The van der Waals surface area contributed by atoms with Gasteiger partial charge in [-0.15, -0.1) is 32.9 Å². The molecular weight excluding hydrogens is 302 g/mol. The van der Waals surface area contributed by atoms with E-state index in [1.54, 1.807) is 11.3 Å². The highest BCUT2D eigenvalue weighted by Gasteiger charge is 2.26. The van der Waals surface area contributed by atoms with E-state index in [2.05, 4.69) is 33.5 Å². The highest BCUT2D eigenvalue weighted by Crippen LogP contribution is 2.31. The zero-order valence-corrected chi connectivity index (χ0v) is 13.3. The first-order valence-corrected chi connectivity index (χ1v) is 8.74. The van der Waals surface area contributed by atoms with E-state index in [-0.39, 0.29) is 6.04 Å². The monoisotopic (exact) mass is 317 g/mol. The van der Waals surface area contributed by atoms with Gasteiger partial charge in [-0.2, -0.15) is 0 Å². The lowest BCUT2D eigenvalue weighted by atomic mass is 10.1. The predicted octanol–water partition coefficient (Wildman–Crippen LogP) is 3.98. The third kappa shape index (κ3) is 2.43. The Morgan fingerprint density at radius 1 is 1.24 bits per heavy atom. The van der Waals surface area contributed by atoms with Crippen LogP contribution in [0.1, 0.15) is 29.3 Å². The molecule has 0 amide bonds. The summed E-state index contributed by atoms with van der Waals surface area (Å²) in [5.41, 5.74) is 1.44. The molecule has 21 heavy (non-hydrogen) atoms. The molecule has 108 valence electrons. The maximum absolute atomic E-state index is 5.86. The second-order valence-corrected chi connectivity index (χ2v) is 7.14. The molecule has 4 heterocycles. The lowest BCUT2D eigenvalue weighted by molar-refractivity contribution is 0.168. The summed E-state index contributed by atoms with van der Waals surface area (Å²) < 4.78 is 5.86. The van der Waals surface area contributed by atoms with Gasteiger partial charge in [-0.1, -0.05) is 6.07 Å². The molecule has 0 unspecified atom stereocenters. The fraction of sp³-hybridized carbons (Fsp3) is 0.333. The SMILES string of the molecule is C[C@@H](c1nnc(-c2cccs2)o1)N1CCc2sccc2C1. The van der Waals surface area contributed by atoms with Crippen LogP contribution in [0.15, 0.2) is 33.4 Å². The van der Waals surface area contributed by atoms with Gasteiger partial charge in [0, 0.05) is 18.0 Å². The summed E-state index contributed by atoms with van der Waals surface area (Å²) >= 11 is 3.48. The van der Waals surface area contributed by atoms with Crippen LogP contribution in [0, 0.1) is 0 Å². The van der Waals surface area contributed by atoms with Gasteiger partial charge >= 0.3 is 0 Å². The summed E-state index contributed by atoms with van der Waals surface area (Å²) in [6.07, 6.45) is 1.11. The van der Waals surface area contributed by atoms with Crippen molar-refractivity contribution in [2.24, 2.45) is 0 Å². The molecule has 3 aromatic heterocycles. The van der Waals surface area contributed by atoms with Crippen LogP contribution >= 0.6 is 22.7 Å². The number of rotatable bonds is 3. The largest absolute Gasteiger partial charge is 0.418 e. The lowest BCUT2D eigenvalue weighted by Crippen LogP contribution is -2.32. The van der Waals surface area contributed by atoms with E-state index in [9.17, 15) is 0 Å². The van der Waals surface area contributed by atoms with Crippen LogP contribution < -0.4 is 0 Å². The first kappa shape index (κ1) is 13.2. The van der Waals surface area contributed by atoms with Crippen molar-refractivity contribution < 1.29 is 4.42 Å². The van der Waals surface area contributed by atoms with Gasteiger partial charge < -0.3 is 4.42 Å². The van der Waals surface area contributed by atoms with Crippen molar-refractivity contribution in [3.8, 4) is 10.8 Å². The highest BCUT2D eigenvalue weighted by molar-refractivity contribution is 7.13. The van der Waals surface area contributed by atoms with Crippen LogP contribution in [0.4, 0.5) is 0 Å². The minimum absolute atomic E-state index is 0.152. The third-order valence-electron chi connectivity index (χ3n) is 3.91. The maximum Gasteiger partial charge on any atom is 0.257 e. The number of hydrogen-bond acceptors (Lipinski definition) is 6. The van der Waals surface area contributed by atoms with Crippen molar-refractivity contribution in [2.45, 2.75) is 25.9 Å². The van der Waals surface area contributed by atoms with E-state index in [0.717, 1.165) is 24.4 Å². The summed E-state index contributed by atoms with van der Waals surface area (Å²) in [6.45, 7) is 4.16. The van der Waals surface area contributed by atoms with Crippen LogP contribution in [-0.2, 0) is 13.0 Å². The van der Waals surface area contributed by atoms with Crippen molar-refractivity contribution in [1.82, 2.24) is 15.1 Å². The molecule has 1 aliphatic rings. The number of aromatic nitrogens is 2. The van der Waals surface area contributed by atoms with Crippen LogP contribution in [0.5, 0.6) is 0 Å². The molecule has 0 spiro atoms. The van der Waals surface area contributed by atoms with Crippen molar-refractivity contribution in [3.63, 3.8) is 0 Å². The van der Waals surface area contributed by atoms with Crippen LogP contribution in [-0.4, -0.2) is 21.6 Å². The fourth-order valence-electron chi connectivity index (χ4n) is 2.66. The van der Waals surface area contributed by atoms with Gasteiger partial charge in [0.1, 0.15) is 0 Å². The number of fused-ring (bicyclic) bond motifs is 1. The van der Waals surface area contributed by atoms with E-state index in [1.165, 1.54) is 10.4 Å². The topological polar surface area (TPSA) is 42.2 Å². The molecule has 1 aliphatic heterocycles. The van der Waals surface area contributed by atoms with E-state index >= 15 is 0 Å². The molecule has 4 rings (SSSR count). The Balaban J connectivity index is 1.54. The molecule has 0 radical (unpaired) electrons. The molecule has 3 aromatic rings. The summed E-state index contributed by atoms with van der Waals surface area (Å²) in [6, 6.07) is 6.38. The first-order valence-electron chi connectivity index (χ1n) is 6.98. The maximum atomic E-state index is 5.86. The van der Waals surface area contributed by atoms with E-state index in [0.29, 0.717) is 11.8 Å². The molecule has 0 saturated carbocycles. The fourth-order valence-corrected chi connectivity index (χ4v) is 4.19. The minimum Gasteiger partial charge on any atom is -0.418 e. The van der Waals surface area contributed by atoms with Gasteiger partial charge in [0.15, 0.2) is 0 Å². The van der Waals surface area contributed by atoms with Gasteiger partial charge in [0.05, 0.1) is 10.9 Å². The van der Waals surface area contributed by atoms with Gasteiger partial charge in [0.2, 0.25) is 5.89 Å². The Morgan fingerprint density at radius 3 is 3.05 bits per heavy atom. The number of thiophene rings is 2. The van der Waals surface area contributed by atoms with Gasteiger partial charge in [0.25, 0.3) is 5.89 Å². The Bertz CT molecular complexity index is 732. The quantitative estimate of drug-likeness (QED) is 0.733. The standard InChI is InChI=1S/C15H15N3OS2/c1-10(18-6-4-12-11(9-18)5-8-21-12)14-16-17-15(19-14)13-3-2-7-20-13/h2-3,5,7-8,10H,4,6,9H2,1H3/t10-/m0/s1. The van der Waals surface area contributed by atoms with Crippen molar-refractivity contribution >= 4 is 22.7 Å². The van der Waals surface area contributed by atoms with Crippen LogP contribution in [0.2, 0.25) is 0 Å². The van der Waals surface area contributed by atoms with E-state index in [4.69, 9.17) is 4.42 Å². The predicted molar refractivity (Wildman–Crippen MR) is 84.5 cm³/mol. The normalized spacial score (nSPS) is 16.8. The Labute approximate surface area is 131 Å². The van der Waals surface area contributed by atoms with Crippen LogP contribution in [0.3, 0.4) is 0 Å².